The Kier molecular flexibility index (Phi) is 4.63. The molecule has 1 aromatic rings. The third kappa shape index (κ3) is 3.61. The lowest BCUT2D eigenvalue weighted by Gasteiger charge is -2.14. The fraction of sp³-hybridized carbons (Fsp3) is 0.500. The average Bonchev–Trinajstić information content (AvgIpc) is 2.85. The van der Waals surface area contributed by atoms with Crippen molar-refractivity contribution in [1.29, 1.82) is 0 Å². The Balaban J connectivity index is 1.91. The van der Waals surface area contributed by atoms with E-state index in [4.69, 9.17) is 14.6 Å². The number of carbonyl (C=O) groups is 1. The van der Waals surface area contributed by atoms with E-state index in [1.165, 1.54) is 0 Å². The number of fused-ring (bicyclic) bond motifs is 1. The summed E-state index contributed by atoms with van der Waals surface area (Å²) in [4.78, 5) is 11.1. The first-order valence-electron chi connectivity index (χ1n) is 6.55. The highest BCUT2D eigenvalue weighted by atomic mass is 16.7. The standard InChI is InChI=1S/C14H19NO4/c1-2-3-4-11(14(16)17)15-8-10-5-6-12-13(7-10)19-9-18-12/h5-7,11,15H,2-4,8-9H2,1H3,(H,16,17). The lowest BCUT2D eigenvalue weighted by Crippen LogP contribution is -2.36. The molecule has 19 heavy (non-hydrogen) atoms. The first kappa shape index (κ1) is 13.7. The number of nitrogens with one attached hydrogen (secondary N) is 1. The summed E-state index contributed by atoms with van der Waals surface area (Å²) in [6.45, 7) is 2.81. The number of hydrogen-bond donors (Lipinski definition) is 2. The maximum Gasteiger partial charge on any atom is 0.320 e. The quantitative estimate of drug-likeness (QED) is 0.790. The minimum absolute atomic E-state index is 0.250. The number of rotatable bonds is 7. The van der Waals surface area contributed by atoms with E-state index in [2.05, 4.69) is 12.2 Å². The number of carboxylic acids is 1. The molecule has 0 saturated carbocycles. The van der Waals surface area contributed by atoms with Crippen molar-refractivity contribution < 1.29 is 19.4 Å². The number of unbranched alkanes of at least 4 members (excludes halogenated alkanes) is 1. The van der Waals surface area contributed by atoms with Gasteiger partial charge in [-0.05, 0) is 24.1 Å². The van der Waals surface area contributed by atoms with Crippen molar-refractivity contribution in [3.8, 4) is 11.5 Å². The summed E-state index contributed by atoms with van der Waals surface area (Å²) in [6, 6.07) is 5.15. The van der Waals surface area contributed by atoms with E-state index in [1.54, 1.807) is 0 Å². The summed E-state index contributed by atoms with van der Waals surface area (Å²) in [5.74, 6) is 0.665. The van der Waals surface area contributed by atoms with Gasteiger partial charge in [0, 0.05) is 6.54 Å². The van der Waals surface area contributed by atoms with Crippen LogP contribution < -0.4 is 14.8 Å². The predicted molar refractivity (Wildman–Crippen MR) is 70.4 cm³/mol. The minimum Gasteiger partial charge on any atom is -0.480 e. The van der Waals surface area contributed by atoms with Crippen molar-refractivity contribution in [2.24, 2.45) is 0 Å². The Hall–Kier alpha value is -1.75. The highest BCUT2D eigenvalue weighted by molar-refractivity contribution is 5.73. The molecule has 1 aliphatic rings. The first-order valence-corrected chi connectivity index (χ1v) is 6.55. The van der Waals surface area contributed by atoms with Crippen molar-refractivity contribution in [2.75, 3.05) is 6.79 Å². The Labute approximate surface area is 112 Å². The Bertz CT molecular complexity index is 447. The third-order valence-electron chi connectivity index (χ3n) is 3.13. The van der Waals surface area contributed by atoms with Crippen LogP contribution in [0.5, 0.6) is 11.5 Å². The summed E-state index contributed by atoms with van der Waals surface area (Å²) in [5.41, 5.74) is 0.993. The molecule has 5 nitrogen and oxygen atoms in total. The van der Waals surface area contributed by atoms with Gasteiger partial charge in [0.2, 0.25) is 6.79 Å². The van der Waals surface area contributed by atoms with E-state index in [1.807, 2.05) is 18.2 Å². The molecule has 0 aromatic heterocycles. The van der Waals surface area contributed by atoms with Crippen molar-refractivity contribution in [2.45, 2.75) is 38.8 Å². The fourth-order valence-electron chi connectivity index (χ4n) is 2.01. The van der Waals surface area contributed by atoms with E-state index in [-0.39, 0.29) is 6.79 Å². The van der Waals surface area contributed by atoms with Crippen LogP contribution >= 0.6 is 0 Å². The minimum atomic E-state index is -0.797. The van der Waals surface area contributed by atoms with Crippen LogP contribution in [0.4, 0.5) is 0 Å². The molecule has 1 aliphatic heterocycles. The molecule has 1 heterocycles. The van der Waals surface area contributed by atoms with E-state index < -0.39 is 12.0 Å². The van der Waals surface area contributed by atoms with Crippen LogP contribution in [0.2, 0.25) is 0 Å². The molecule has 0 spiro atoms. The van der Waals surface area contributed by atoms with Crippen LogP contribution in [0.25, 0.3) is 0 Å². The maximum absolute atomic E-state index is 11.1. The molecule has 2 N–H and O–H groups in total. The topological polar surface area (TPSA) is 67.8 Å². The van der Waals surface area contributed by atoms with Crippen LogP contribution in [-0.2, 0) is 11.3 Å². The number of aliphatic carboxylic acids is 1. The van der Waals surface area contributed by atoms with Crippen molar-refractivity contribution >= 4 is 5.97 Å². The van der Waals surface area contributed by atoms with Gasteiger partial charge in [-0.2, -0.15) is 0 Å². The summed E-state index contributed by atoms with van der Waals surface area (Å²) < 4.78 is 10.5. The van der Waals surface area contributed by atoms with E-state index in [9.17, 15) is 4.79 Å². The monoisotopic (exact) mass is 265 g/mol. The van der Waals surface area contributed by atoms with E-state index in [0.717, 1.165) is 29.9 Å². The zero-order valence-corrected chi connectivity index (χ0v) is 11.0. The second-order valence-corrected chi connectivity index (χ2v) is 4.60. The van der Waals surface area contributed by atoms with Crippen molar-refractivity contribution in [3.05, 3.63) is 23.8 Å². The van der Waals surface area contributed by atoms with Gasteiger partial charge < -0.3 is 19.9 Å². The van der Waals surface area contributed by atoms with Crippen LogP contribution in [0.3, 0.4) is 0 Å². The van der Waals surface area contributed by atoms with Gasteiger partial charge in [0.1, 0.15) is 6.04 Å². The summed E-state index contributed by atoms with van der Waals surface area (Å²) in [5, 5.41) is 12.2. The van der Waals surface area contributed by atoms with Gasteiger partial charge in [-0.15, -0.1) is 0 Å². The number of hydrogen-bond acceptors (Lipinski definition) is 4. The van der Waals surface area contributed by atoms with Gasteiger partial charge in [-0.25, -0.2) is 0 Å². The molecule has 1 unspecified atom stereocenters. The van der Waals surface area contributed by atoms with Crippen LogP contribution in [-0.4, -0.2) is 23.9 Å². The van der Waals surface area contributed by atoms with Gasteiger partial charge in [-0.1, -0.05) is 25.8 Å². The molecule has 1 atom stereocenters. The maximum atomic E-state index is 11.1. The molecule has 104 valence electrons. The highest BCUT2D eigenvalue weighted by Gasteiger charge is 2.17. The molecule has 0 saturated heterocycles. The first-order chi connectivity index (χ1) is 9.20. The van der Waals surface area contributed by atoms with Crippen molar-refractivity contribution in [1.82, 2.24) is 5.32 Å². The molecule has 1 aromatic carbocycles. The van der Waals surface area contributed by atoms with Gasteiger partial charge in [-0.3, -0.25) is 4.79 Å². The second-order valence-electron chi connectivity index (χ2n) is 4.60. The number of ether oxygens (including phenoxy) is 2. The molecule has 0 radical (unpaired) electrons. The van der Waals surface area contributed by atoms with Crippen LogP contribution in [0, 0.1) is 0 Å². The lowest BCUT2D eigenvalue weighted by molar-refractivity contribution is -0.139. The number of carboxylic acid groups (broad SMARTS) is 1. The smallest absolute Gasteiger partial charge is 0.320 e. The lowest BCUT2D eigenvalue weighted by atomic mass is 10.1. The fourth-order valence-corrected chi connectivity index (χ4v) is 2.01. The molecular formula is C14H19NO4. The SMILES string of the molecule is CCCCC(NCc1ccc2c(c1)OCO2)C(=O)O. The zero-order chi connectivity index (χ0) is 13.7. The largest absolute Gasteiger partial charge is 0.480 e. The summed E-state index contributed by atoms with van der Waals surface area (Å²) in [6.07, 6.45) is 2.55. The van der Waals surface area contributed by atoms with Crippen molar-refractivity contribution in [3.63, 3.8) is 0 Å². The normalized spacial score (nSPS) is 14.4. The third-order valence-corrected chi connectivity index (χ3v) is 3.13. The van der Waals surface area contributed by atoms with Crippen LogP contribution in [0.15, 0.2) is 18.2 Å². The Morgan fingerprint density at radius 1 is 1.42 bits per heavy atom. The second kappa shape index (κ2) is 6.43. The Morgan fingerprint density at radius 3 is 2.95 bits per heavy atom. The van der Waals surface area contributed by atoms with E-state index in [0.29, 0.717) is 13.0 Å². The van der Waals surface area contributed by atoms with Crippen LogP contribution in [0.1, 0.15) is 31.7 Å². The summed E-state index contributed by atoms with van der Waals surface area (Å²) >= 11 is 0. The zero-order valence-electron chi connectivity index (χ0n) is 11.0. The van der Waals surface area contributed by atoms with Gasteiger partial charge >= 0.3 is 5.97 Å². The Morgan fingerprint density at radius 2 is 2.21 bits per heavy atom. The van der Waals surface area contributed by atoms with Gasteiger partial charge in [0.05, 0.1) is 0 Å². The van der Waals surface area contributed by atoms with Gasteiger partial charge in [0.15, 0.2) is 11.5 Å². The predicted octanol–water partition coefficient (Wildman–Crippen LogP) is 2.15. The molecular weight excluding hydrogens is 246 g/mol. The molecule has 0 fully saturated rings. The average molecular weight is 265 g/mol. The van der Waals surface area contributed by atoms with Gasteiger partial charge in [0.25, 0.3) is 0 Å². The van der Waals surface area contributed by atoms with E-state index >= 15 is 0 Å². The molecule has 0 aliphatic carbocycles. The summed E-state index contributed by atoms with van der Waals surface area (Å²) in [7, 11) is 0. The highest BCUT2D eigenvalue weighted by Crippen LogP contribution is 2.32. The molecule has 5 heteroatoms. The molecule has 0 bridgehead atoms. The molecule has 0 amide bonds. The molecule has 2 rings (SSSR count). The number of benzene rings is 1.